The van der Waals surface area contributed by atoms with Crippen molar-refractivity contribution in [3.63, 3.8) is 0 Å². The molecular weight excluding hydrogens is 340 g/mol. The molecule has 1 aliphatic heterocycles. The molecule has 0 spiro atoms. The zero-order valence-corrected chi connectivity index (χ0v) is 14.6. The summed E-state index contributed by atoms with van der Waals surface area (Å²) < 4.78 is 5.26. The Labute approximate surface area is 149 Å². The monoisotopic (exact) mass is 358 g/mol. The first-order chi connectivity index (χ1) is 12.1. The number of hydrogen-bond donors (Lipinski definition) is 2. The van der Waals surface area contributed by atoms with Crippen molar-refractivity contribution in [1.29, 1.82) is 0 Å². The molecule has 7 heteroatoms. The molecule has 25 heavy (non-hydrogen) atoms. The van der Waals surface area contributed by atoms with E-state index in [1.807, 2.05) is 0 Å². The Hall–Kier alpha value is -2.54. The van der Waals surface area contributed by atoms with Crippen molar-refractivity contribution < 1.29 is 19.1 Å². The van der Waals surface area contributed by atoms with Gasteiger partial charge < -0.3 is 9.72 Å². The summed E-state index contributed by atoms with van der Waals surface area (Å²) in [6, 6.07) is 5.24. The quantitative estimate of drug-likeness (QED) is 0.465. The zero-order chi connectivity index (χ0) is 17.8. The van der Waals surface area contributed by atoms with Gasteiger partial charge in [0.15, 0.2) is 0 Å². The maximum absolute atomic E-state index is 12.1. The largest absolute Gasteiger partial charge is 0.462 e. The Morgan fingerprint density at radius 1 is 1.28 bits per heavy atom. The molecule has 1 saturated heterocycles. The summed E-state index contributed by atoms with van der Waals surface area (Å²) in [5.74, 6) is -0.736. The highest BCUT2D eigenvalue weighted by atomic mass is 32.2. The molecule has 0 aliphatic carbocycles. The molecule has 0 atom stereocenters. The molecule has 6 nitrogen and oxygen atoms in total. The van der Waals surface area contributed by atoms with Gasteiger partial charge in [-0.25, -0.2) is 4.79 Å². The smallest absolute Gasteiger partial charge is 0.338 e. The number of unbranched alkanes of at least 4 members (excludes halogenated alkanes) is 2. The minimum absolute atomic E-state index is 0.344. The lowest BCUT2D eigenvalue weighted by atomic mass is 10.1. The van der Waals surface area contributed by atoms with Crippen LogP contribution in [0.25, 0.3) is 17.0 Å². The number of carbonyl (C=O) groups excluding carboxylic acids is 3. The maximum atomic E-state index is 12.1. The predicted molar refractivity (Wildman–Crippen MR) is 97.2 cm³/mol. The summed E-state index contributed by atoms with van der Waals surface area (Å²) in [5.41, 5.74) is 2.03. The van der Waals surface area contributed by atoms with Crippen LogP contribution in [-0.4, -0.2) is 28.7 Å². The van der Waals surface area contributed by atoms with E-state index < -0.39 is 5.91 Å². The average molecular weight is 358 g/mol. The van der Waals surface area contributed by atoms with Crippen LogP contribution in [0.15, 0.2) is 29.3 Å². The van der Waals surface area contributed by atoms with E-state index in [0.717, 1.165) is 47.5 Å². The number of fused-ring (bicyclic) bond motifs is 1. The van der Waals surface area contributed by atoms with E-state index in [2.05, 4.69) is 17.2 Å². The van der Waals surface area contributed by atoms with E-state index in [4.69, 9.17) is 4.74 Å². The normalized spacial score (nSPS) is 15.8. The van der Waals surface area contributed by atoms with E-state index in [1.165, 1.54) is 0 Å². The number of imide groups is 1. The summed E-state index contributed by atoms with van der Waals surface area (Å²) in [4.78, 5) is 38.4. The second kappa shape index (κ2) is 7.57. The fraction of sp³-hybridized carbons (Fsp3) is 0.278. The second-order valence-electron chi connectivity index (χ2n) is 5.70. The lowest BCUT2D eigenvalue weighted by Gasteiger charge is -2.04. The number of rotatable bonds is 6. The van der Waals surface area contributed by atoms with Gasteiger partial charge in [-0.3, -0.25) is 14.9 Å². The van der Waals surface area contributed by atoms with E-state index in [-0.39, 0.29) is 11.2 Å². The Morgan fingerprint density at radius 2 is 2.12 bits per heavy atom. The molecule has 0 saturated carbocycles. The molecule has 0 radical (unpaired) electrons. The Bertz CT molecular complexity index is 869. The zero-order valence-electron chi connectivity index (χ0n) is 13.8. The number of aromatic amines is 1. The van der Waals surface area contributed by atoms with Crippen molar-refractivity contribution in [3.05, 3.63) is 40.4 Å². The van der Waals surface area contributed by atoms with Crippen LogP contribution in [0.2, 0.25) is 0 Å². The van der Waals surface area contributed by atoms with E-state index >= 15 is 0 Å². The van der Waals surface area contributed by atoms with Gasteiger partial charge in [0.1, 0.15) is 0 Å². The van der Waals surface area contributed by atoms with Gasteiger partial charge in [0.25, 0.3) is 11.1 Å². The van der Waals surface area contributed by atoms with Gasteiger partial charge in [0.2, 0.25) is 0 Å². The molecule has 0 unspecified atom stereocenters. The molecule has 0 bridgehead atoms. The van der Waals surface area contributed by atoms with Gasteiger partial charge in [0, 0.05) is 22.7 Å². The molecule has 1 fully saturated rings. The van der Waals surface area contributed by atoms with Crippen molar-refractivity contribution in [2.45, 2.75) is 26.2 Å². The number of esters is 1. The number of benzene rings is 1. The molecule has 2 heterocycles. The first kappa shape index (κ1) is 17.3. The molecule has 3 rings (SSSR count). The number of thioether (sulfide) groups is 1. The van der Waals surface area contributed by atoms with Crippen LogP contribution in [0.4, 0.5) is 4.79 Å². The topological polar surface area (TPSA) is 88.3 Å². The molecular formula is C18H18N2O4S. The SMILES string of the molecule is CCCCCOC(=O)c1ccc2c(/C=C3\SC(=O)NC3=O)c[nH]c2c1. The third-order valence-corrected chi connectivity index (χ3v) is 4.67. The standard InChI is InChI=1S/C18H18N2O4S/c1-2-3-4-7-24-17(22)11-5-6-13-12(10-19-14(13)8-11)9-15-16(21)20-18(23)25-15/h5-6,8-10,19H,2-4,7H2,1H3,(H,20,21,23)/b15-9-. The van der Waals surface area contributed by atoms with Crippen molar-refractivity contribution in [2.24, 2.45) is 0 Å². The number of nitrogens with one attached hydrogen (secondary N) is 2. The summed E-state index contributed by atoms with van der Waals surface area (Å²) in [6.07, 6.45) is 6.38. The highest BCUT2D eigenvalue weighted by Gasteiger charge is 2.25. The summed E-state index contributed by atoms with van der Waals surface area (Å²) in [7, 11) is 0. The van der Waals surface area contributed by atoms with E-state index in [9.17, 15) is 14.4 Å². The highest BCUT2D eigenvalue weighted by Crippen LogP contribution is 2.28. The first-order valence-corrected chi connectivity index (χ1v) is 8.93. The molecule has 2 N–H and O–H groups in total. The average Bonchev–Trinajstić information content (AvgIpc) is 3.14. The van der Waals surface area contributed by atoms with E-state index in [1.54, 1.807) is 30.5 Å². The molecule has 2 amide bonds. The predicted octanol–water partition coefficient (Wildman–Crippen LogP) is 3.84. The number of hydrogen-bond acceptors (Lipinski definition) is 5. The van der Waals surface area contributed by atoms with E-state index in [0.29, 0.717) is 17.1 Å². The molecule has 2 aromatic rings. The number of H-pyrrole nitrogens is 1. The molecule has 1 aromatic carbocycles. The summed E-state index contributed by atoms with van der Waals surface area (Å²) in [5, 5.41) is 2.72. The Kier molecular flexibility index (Phi) is 5.23. The van der Waals surface area contributed by atoms with Crippen molar-refractivity contribution >= 4 is 45.9 Å². The van der Waals surface area contributed by atoms with Crippen molar-refractivity contribution in [1.82, 2.24) is 10.3 Å². The number of amides is 2. The number of ether oxygens (including phenoxy) is 1. The Morgan fingerprint density at radius 3 is 2.84 bits per heavy atom. The summed E-state index contributed by atoms with van der Waals surface area (Å²) >= 11 is 0.875. The van der Waals surface area contributed by atoms with Crippen LogP contribution in [0.3, 0.4) is 0 Å². The lowest BCUT2D eigenvalue weighted by Crippen LogP contribution is -2.17. The third kappa shape index (κ3) is 3.93. The molecule has 1 aromatic heterocycles. The third-order valence-electron chi connectivity index (χ3n) is 3.86. The molecule has 130 valence electrons. The highest BCUT2D eigenvalue weighted by molar-refractivity contribution is 8.18. The summed E-state index contributed by atoms with van der Waals surface area (Å²) in [6.45, 7) is 2.52. The lowest BCUT2D eigenvalue weighted by molar-refractivity contribution is -0.115. The van der Waals surface area contributed by atoms with Crippen molar-refractivity contribution in [3.8, 4) is 0 Å². The van der Waals surface area contributed by atoms with Gasteiger partial charge in [-0.15, -0.1) is 0 Å². The van der Waals surface area contributed by atoms with Gasteiger partial charge in [0.05, 0.1) is 17.1 Å². The van der Waals surface area contributed by atoms with Crippen LogP contribution in [0, 0.1) is 0 Å². The van der Waals surface area contributed by atoms with Gasteiger partial charge >= 0.3 is 5.97 Å². The van der Waals surface area contributed by atoms with Gasteiger partial charge in [-0.2, -0.15) is 0 Å². The fourth-order valence-electron chi connectivity index (χ4n) is 2.56. The number of aromatic nitrogens is 1. The minimum atomic E-state index is -0.392. The maximum Gasteiger partial charge on any atom is 0.338 e. The van der Waals surface area contributed by atoms with Crippen LogP contribution < -0.4 is 5.32 Å². The van der Waals surface area contributed by atoms with Crippen LogP contribution >= 0.6 is 11.8 Å². The van der Waals surface area contributed by atoms with Crippen molar-refractivity contribution in [2.75, 3.05) is 6.61 Å². The Balaban J connectivity index is 1.77. The number of carbonyl (C=O) groups is 3. The van der Waals surface area contributed by atoms with Gasteiger partial charge in [-0.05, 0) is 36.4 Å². The van der Waals surface area contributed by atoms with Gasteiger partial charge in [-0.1, -0.05) is 25.8 Å². The van der Waals surface area contributed by atoms with Crippen LogP contribution in [-0.2, 0) is 9.53 Å². The van der Waals surface area contributed by atoms with Crippen LogP contribution in [0.1, 0.15) is 42.1 Å². The fourth-order valence-corrected chi connectivity index (χ4v) is 3.23. The second-order valence-corrected chi connectivity index (χ2v) is 6.71. The molecule has 1 aliphatic rings. The minimum Gasteiger partial charge on any atom is -0.462 e. The first-order valence-electron chi connectivity index (χ1n) is 8.11. The van der Waals surface area contributed by atoms with Crippen LogP contribution in [0.5, 0.6) is 0 Å².